The summed E-state index contributed by atoms with van der Waals surface area (Å²) in [5, 5.41) is 0. The number of nitrogens with zero attached hydrogens (tertiary/aromatic N) is 2. The molecule has 0 aliphatic carbocycles. The highest BCUT2D eigenvalue weighted by atomic mass is 19.1. The molecule has 164 valence electrons. The number of hydrogen-bond donors (Lipinski definition) is 2. The van der Waals surface area contributed by atoms with E-state index in [-0.39, 0.29) is 36.9 Å². The van der Waals surface area contributed by atoms with E-state index in [0.29, 0.717) is 32.6 Å². The van der Waals surface area contributed by atoms with Crippen LogP contribution in [0.1, 0.15) is 24.8 Å². The minimum Gasteiger partial charge on any atom is -0.368 e. The number of anilines is 1. The highest BCUT2D eigenvalue weighted by Crippen LogP contribution is 2.17. The van der Waals surface area contributed by atoms with E-state index < -0.39 is 5.91 Å². The number of carbonyl (C=O) groups excluding carboxylic acids is 3. The van der Waals surface area contributed by atoms with Crippen LogP contribution in [0.15, 0.2) is 54.6 Å². The van der Waals surface area contributed by atoms with Crippen LogP contribution in [0.5, 0.6) is 0 Å². The molecular formula is C23H27FN4O3. The Kier molecular flexibility index (Phi) is 7.98. The summed E-state index contributed by atoms with van der Waals surface area (Å²) in [6.45, 7) is 2.41. The average molecular weight is 426 g/mol. The minimum absolute atomic E-state index is 0.00990. The predicted octanol–water partition coefficient (Wildman–Crippen LogP) is 2.03. The first-order valence-corrected chi connectivity index (χ1v) is 10.4. The Morgan fingerprint density at radius 2 is 1.39 bits per heavy atom. The van der Waals surface area contributed by atoms with Gasteiger partial charge in [-0.2, -0.15) is 0 Å². The van der Waals surface area contributed by atoms with E-state index in [2.05, 4.69) is 15.8 Å². The van der Waals surface area contributed by atoms with Crippen molar-refractivity contribution in [2.75, 3.05) is 31.1 Å². The number of halogens is 1. The third-order valence-corrected chi connectivity index (χ3v) is 5.21. The van der Waals surface area contributed by atoms with Gasteiger partial charge >= 0.3 is 0 Å². The standard InChI is InChI=1S/C23H27FN4O3/c24-19-7-9-20(10-8-19)27-14-16-28(17-15-27)23(31)13-12-22(30)26-25-21(29)11-6-18-4-2-1-3-5-18/h1-5,7-10H,6,11-17H2,(H,25,29)(H,26,30). The van der Waals surface area contributed by atoms with Crippen LogP contribution in [0.2, 0.25) is 0 Å². The third kappa shape index (κ3) is 7.09. The zero-order valence-corrected chi connectivity index (χ0v) is 17.4. The monoisotopic (exact) mass is 426 g/mol. The van der Waals surface area contributed by atoms with Crippen molar-refractivity contribution >= 4 is 23.4 Å². The number of piperazine rings is 1. The summed E-state index contributed by atoms with van der Waals surface area (Å²) in [5.74, 6) is -1.04. The summed E-state index contributed by atoms with van der Waals surface area (Å²) in [7, 11) is 0. The molecule has 31 heavy (non-hydrogen) atoms. The van der Waals surface area contributed by atoms with Gasteiger partial charge in [-0.05, 0) is 36.2 Å². The second-order valence-corrected chi connectivity index (χ2v) is 7.43. The van der Waals surface area contributed by atoms with E-state index in [1.54, 1.807) is 17.0 Å². The van der Waals surface area contributed by atoms with Crippen LogP contribution in [-0.4, -0.2) is 48.8 Å². The molecule has 0 unspecified atom stereocenters. The molecule has 3 rings (SSSR count). The molecule has 1 aliphatic rings. The zero-order chi connectivity index (χ0) is 22.1. The summed E-state index contributed by atoms with van der Waals surface area (Å²) in [4.78, 5) is 40.0. The maximum atomic E-state index is 13.1. The molecule has 2 N–H and O–H groups in total. The van der Waals surface area contributed by atoms with Crippen LogP contribution < -0.4 is 15.8 Å². The molecule has 0 atom stereocenters. The lowest BCUT2D eigenvalue weighted by Gasteiger charge is -2.36. The van der Waals surface area contributed by atoms with Gasteiger partial charge in [0.2, 0.25) is 17.7 Å². The maximum absolute atomic E-state index is 13.1. The Morgan fingerprint density at radius 1 is 0.774 bits per heavy atom. The lowest BCUT2D eigenvalue weighted by molar-refractivity contribution is -0.134. The van der Waals surface area contributed by atoms with Gasteiger partial charge in [-0.15, -0.1) is 0 Å². The quantitative estimate of drug-likeness (QED) is 0.664. The summed E-state index contributed by atoms with van der Waals surface area (Å²) in [6, 6.07) is 15.9. The molecule has 1 fully saturated rings. The first kappa shape index (κ1) is 22.3. The van der Waals surface area contributed by atoms with Gasteiger partial charge < -0.3 is 9.80 Å². The van der Waals surface area contributed by atoms with Gasteiger partial charge in [-0.25, -0.2) is 4.39 Å². The molecule has 1 aliphatic heterocycles. The minimum atomic E-state index is -0.397. The molecule has 0 saturated carbocycles. The number of aryl methyl sites for hydroxylation is 1. The molecule has 7 nitrogen and oxygen atoms in total. The Hall–Kier alpha value is -3.42. The van der Waals surface area contributed by atoms with E-state index in [4.69, 9.17) is 0 Å². The van der Waals surface area contributed by atoms with Gasteiger partial charge in [-0.3, -0.25) is 25.2 Å². The van der Waals surface area contributed by atoms with E-state index in [9.17, 15) is 18.8 Å². The number of benzene rings is 2. The van der Waals surface area contributed by atoms with Gasteiger partial charge in [0.05, 0.1) is 0 Å². The molecule has 1 heterocycles. The molecule has 3 amide bonds. The molecule has 0 bridgehead atoms. The molecule has 2 aromatic carbocycles. The normalized spacial score (nSPS) is 13.6. The fraction of sp³-hybridized carbons (Fsp3) is 0.348. The molecular weight excluding hydrogens is 399 g/mol. The topological polar surface area (TPSA) is 81.8 Å². The van der Waals surface area contributed by atoms with Crippen molar-refractivity contribution in [1.82, 2.24) is 15.8 Å². The highest BCUT2D eigenvalue weighted by Gasteiger charge is 2.21. The molecule has 1 saturated heterocycles. The smallest absolute Gasteiger partial charge is 0.238 e. The second kappa shape index (κ2) is 11.1. The summed E-state index contributed by atoms with van der Waals surface area (Å²) in [5.41, 5.74) is 6.73. The van der Waals surface area contributed by atoms with E-state index in [1.165, 1.54) is 12.1 Å². The fourth-order valence-corrected chi connectivity index (χ4v) is 3.41. The van der Waals surface area contributed by atoms with Gasteiger partial charge in [0.1, 0.15) is 5.82 Å². The van der Waals surface area contributed by atoms with Gasteiger partial charge in [0.25, 0.3) is 0 Å². The number of hydrogen-bond acceptors (Lipinski definition) is 4. The summed E-state index contributed by atoms with van der Waals surface area (Å²) < 4.78 is 13.1. The number of nitrogens with one attached hydrogen (secondary N) is 2. The second-order valence-electron chi connectivity index (χ2n) is 7.43. The SMILES string of the molecule is O=C(CCC(=O)N1CCN(c2ccc(F)cc2)CC1)NNC(=O)CCc1ccccc1. The third-order valence-electron chi connectivity index (χ3n) is 5.21. The number of amides is 3. The van der Waals surface area contributed by atoms with Crippen LogP contribution in [0, 0.1) is 5.82 Å². The van der Waals surface area contributed by atoms with E-state index in [1.807, 2.05) is 30.3 Å². The van der Waals surface area contributed by atoms with Crippen LogP contribution >= 0.6 is 0 Å². The Morgan fingerprint density at radius 3 is 2.03 bits per heavy atom. The van der Waals surface area contributed by atoms with E-state index >= 15 is 0 Å². The Balaban J connectivity index is 1.31. The fourth-order valence-electron chi connectivity index (χ4n) is 3.41. The Bertz CT molecular complexity index is 881. The number of hydrazine groups is 1. The highest BCUT2D eigenvalue weighted by molar-refractivity contribution is 5.85. The van der Waals surface area contributed by atoms with Crippen molar-refractivity contribution in [3.63, 3.8) is 0 Å². The van der Waals surface area contributed by atoms with Crippen molar-refractivity contribution in [2.24, 2.45) is 0 Å². The summed E-state index contributed by atoms with van der Waals surface area (Å²) in [6.07, 6.45) is 0.949. The molecule has 2 aromatic rings. The van der Waals surface area contributed by atoms with Gasteiger partial charge in [0, 0.05) is 51.1 Å². The van der Waals surface area contributed by atoms with Gasteiger partial charge in [-0.1, -0.05) is 30.3 Å². The lowest BCUT2D eigenvalue weighted by atomic mass is 10.1. The first-order valence-electron chi connectivity index (χ1n) is 10.4. The molecule has 0 aromatic heterocycles. The van der Waals surface area contributed by atoms with Crippen molar-refractivity contribution < 1.29 is 18.8 Å². The van der Waals surface area contributed by atoms with Crippen LogP contribution in [0.25, 0.3) is 0 Å². The predicted molar refractivity (Wildman–Crippen MR) is 115 cm³/mol. The zero-order valence-electron chi connectivity index (χ0n) is 17.4. The molecule has 0 radical (unpaired) electrons. The largest absolute Gasteiger partial charge is 0.368 e. The molecule has 0 spiro atoms. The first-order chi connectivity index (χ1) is 15.0. The van der Waals surface area contributed by atoms with Crippen molar-refractivity contribution in [3.8, 4) is 0 Å². The van der Waals surface area contributed by atoms with Crippen molar-refractivity contribution in [3.05, 3.63) is 66.0 Å². The Labute approximate surface area is 181 Å². The maximum Gasteiger partial charge on any atom is 0.238 e. The lowest BCUT2D eigenvalue weighted by Crippen LogP contribution is -2.49. The number of rotatable bonds is 7. The number of carbonyl (C=O) groups is 3. The van der Waals surface area contributed by atoms with E-state index in [0.717, 1.165) is 11.3 Å². The van der Waals surface area contributed by atoms with Crippen LogP contribution in [0.3, 0.4) is 0 Å². The van der Waals surface area contributed by atoms with Crippen LogP contribution in [0.4, 0.5) is 10.1 Å². The van der Waals surface area contributed by atoms with Gasteiger partial charge in [0.15, 0.2) is 0 Å². The molecule has 8 heteroatoms. The van der Waals surface area contributed by atoms with Crippen molar-refractivity contribution in [2.45, 2.75) is 25.7 Å². The van der Waals surface area contributed by atoms with Crippen LogP contribution in [-0.2, 0) is 20.8 Å². The average Bonchev–Trinajstić information content (AvgIpc) is 2.81. The summed E-state index contributed by atoms with van der Waals surface area (Å²) >= 11 is 0. The van der Waals surface area contributed by atoms with Crippen molar-refractivity contribution in [1.29, 1.82) is 0 Å².